The number of alkyl halides is 3. The molecule has 1 heterocycles. The summed E-state index contributed by atoms with van der Waals surface area (Å²) in [6.07, 6.45) is -3.39. The van der Waals surface area contributed by atoms with Crippen molar-refractivity contribution in [2.24, 2.45) is 0 Å². The molecule has 0 radical (unpaired) electrons. The van der Waals surface area contributed by atoms with Crippen molar-refractivity contribution in [3.8, 4) is 0 Å². The van der Waals surface area contributed by atoms with Gasteiger partial charge < -0.3 is 9.72 Å². The Balaban J connectivity index is 1.84. The number of nitro groups is 1. The van der Waals surface area contributed by atoms with Crippen molar-refractivity contribution in [1.82, 2.24) is 15.8 Å². The smallest absolute Gasteiger partial charge is 0.367 e. The van der Waals surface area contributed by atoms with Crippen LogP contribution in [0.3, 0.4) is 0 Å². The number of hydrogen-bond donors (Lipinski definition) is 3. The van der Waals surface area contributed by atoms with E-state index in [2.05, 4.69) is 20.6 Å². The summed E-state index contributed by atoms with van der Waals surface area (Å²) < 4.78 is 40.5. The van der Waals surface area contributed by atoms with E-state index in [4.69, 9.17) is 0 Å². The Kier molecular flexibility index (Phi) is 6.13. The molecule has 0 spiro atoms. The fraction of sp³-hybridized carbons (Fsp3) is 0.200. The largest absolute Gasteiger partial charge is 0.411 e. The number of ether oxygens (including phenoxy) is 1. The minimum Gasteiger partial charge on any atom is -0.367 e. The lowest BCUT2D eigenvalue weighted by Gasteiger charge is -2.09. The first-order chi connectivity index (χ1) is 12.7. The molecule has 144 valence electrons. The van der Waals surface area contributed by atoms with Gasteiger partial charge in [-0.3, -0.25) is 30.6 Å². The molecule has 0 saturated heterocycles. The molecule has 12 heteroatoms. The van der Waals surface area contributed by atoms with Gasteiger partial charge in [0.15, 0.2) is 0 Å². The van der Waals surface area contributed by atoms with Gasteiger partial charge in [-0.1, -0.05) is 12.1 Å². The van der Waals surface area contributed by atoms with E-state index in [0.717, 1.165) is 12.3 Å². The number of benzene rings is 1. The van der Waals surface area contributed by atoms with Crippen LogP contribution in [0.2, 0.25) is 0 Å². The fourth-order valence-electron chi connectivity index (χ4n) is 1.91. The van der Waals surface area contributed by atoms with E-state index >= 15 is 0 Å². The summed E-state index contributed by atoms with van der Waals surface area (Å²) in [5, 5.41) is 10.5. The predicted octanol–water partition coefficient (Wildman–Crippen LogP) is 2.08. The van der Waals surface area contributed by atoms with Crippen molar-refractivity contribution in [3.63, 3.8) is 0 Å². The van der Waals surface area contributed by atoms with Gasteiger partial charge in [0.1, 0.15) is 12.3 Å². The van der Waals surface area contributed by atoms with Crippen LogP contribution in [-0.4, -0.2) is 34.5 Å². The Bertz CT molecular complexity index is 833. The van der Waals surface area contributed by atoms with Crippen LogP contribution < -0.4 is 10.9 Å². The van der Waals surface area contributed by atoms with Crippen molar-refractivity contribution < 1.29 is 32.4 Å². The van der Waals surface area contributed by atoms with E-state index in [-0.39, 0.29) is 23.6 Å². The summed E-state index contributed by atoms with van der Waals surface area (Å²) in [7, 11) is 0. The van der Waals surface area contributed by atoms with Crippen LogP contribution in [0.1, 0.15) is 26.4 Å². The van der Waals surface area contributed by atoms with E-state index in [1.165, 1.54) is 24.3 Å². The lowest BCUT2D eigenvalue weighted by atomic mass is 10.1. The van der Waals surface area contributed by atoms with Crippen LogP contribution >= 0.6 is 0 Å². The van der Waals surface area contributed by atoms with Gasteiger partial charge in [0.05, 0.1) is 17.7 Å². The Labute approximate surface area is 149 Å². The second kappa shape index (κ2) is 8.31. The molecule has 27 heavy (non-hydrogen) atoms. The maximum atomic E-state index is 12.0. The molecule has 2 amide bonds. The summed E-state index contributed by atoms with van der Waals surface area (Å²) >= 11 is 0. The van der Waals surface area contributed by atoms with Gasteiger partial charge in [-0.05, 0) is 17.7 Å². The number of rotatable bonds is 6. The molecule has 0 saturated carbocycles. The van der Waals surface area contributed by atoms with E-state index in [0.29, 0.717) is 5.56 Å². The van der Waals surface area contributed by atoms with Crippen molar-refractivity contribution in [3.05, 3.63) is 63.5 Å². The molecule has 0 fully saturated rings. The van der Waals surface area contributed by atoms with Crippen molar-refractivity contribution in [2.45, 2.75) is 12.8 Å². The van der Waals surface area contributed by atoms with E-state index in [9.17, 15) is 32.9 Å². The highest BCUT2D eigenvalue weighted by molar-refractivity contribution is 5.98. The van der Waals surface area contributed by atoms with Crippen molar-refractivity contribution in [1.29, 1.82) is 0 Å². The molecule has 1 aromatic carbocycles. The molecule has 0 unspecified atom stereocenters. The number of nitrogens with one attached hydrogen (secondary N) is 3. The van der Waals surface area contributed by atoms with Gasteiger partial charge in [-0.2, -0.15) is 13.2 Å². The lowest BCUT2D eigenvalue weighted by Crippen LogP contribution is -2.41. The highest BCUT2D eigenvalue weighted by Crippen LogP contribution is 2.16. The number of amides is 2. The maximum Gasteiger partial charge on any atom is 0.411 e. The van der Waals surface area contributed by atoms with Gasteiger partial charge in [-0.15, -0.1) is 0 Å². The highest BCUT2D eigenvalue weighted by Gasteiger charge is 2.27. The van der Waals surface area contributed by atoms with E-state index < -0.39 is 29.5 Å². The molecule has 0 aliphatic carbocycles. The van der Waals surface area contributed by atoms with Crippen LogP contribution in [0.25, 0.3) is 0 Å². The molecule has 2 aromatic rings. The van der Waals surface area contributed by atoms with Crippen molar-refractivity contribution in [2.75, 3.05) is 6.61 Å². The molecule has 9 nitrogen and oxygen atoms in total. The van der Waals surface area contributed by atoms with Crippen LogP contribution in [0, 0.1) is 10.1 Å². The molecule has 0 atom stereocenters. The highest BCUT2D eigenvalue weighted by atomic mass is 19.4. The number of hydrazine groups is 1. The second-order valence-corrected chi connectivity index (χ2v) is 5.24. The van der Waals surface area contributed by atoms with E-state index in [1.54, 1.807) is 0 Å². The monoisotopic (exact) mass is 386 g/mol. The number of nitrogens with zero attached hydrogens (tertiary/aromatic N) is 1. The first-order valence-corrected chi connectivity index (χ1v) is 7.32. The summed E-state index contributed by atoms with van der Waals surface area (Å²) in [6.45, 7) is -1.65. The fourth-order valence-corrected chi connectivity index (χ4v) is 1.91. The summed E-state index contributed by atoms with van der Waals surface area (Å²) in [6, 6.07) is 6.49. The Morgan fingerprint density at radius 2 is 1.78 bits per heavy atom. The van der Waals surface area contributed by atoms with Gasteiger partial charge in [0.25, 0.3) is 17.5 Å². The number of carbonyl (C=O) groups excluding carboxylic acids is 2. The molecular formula is C15H13F3N4O5. The van der Waals surface area contributed by atoms with Crippen molar-refractivity contribution >= 4 is 17.5 Å². The number of halogens is 3. The minimum absolute atomic E-state index is 0.126. The molecular weight excluding hydrogens is 373 g/mol. The third kappa shape index (κ3) is 6.11. The first kappa shape index (κ1) is 19.9. The zero-order chi connectivity index (χ0) is 20.0. The number of H-pyrrole nitrogens is 1. The summed E-state index contributed by atoms with van der Waals surface area (Å²) in [5.74, 6) is -1.49. The third-order valence-corrected chi connectivity index (χ3v) is 3.16. The first-order valence-electron chi connectivity index (χ1n) is 7.32. The molecule has 0 aliphatic heterocycles. The number of hydrogen-bond acceptors (Lipinski definition) is 5. The predicted molar refractivity (Wildman–Crippen MR) is 84.5 cm³/mol. The van der Waals surface area contributed by atoms with Gasteiger partial charge in [0.2, 0.25) is 0 Å². The number of aromatic nitrogens is 1. The molecule has 3 N–H and O–H groups in total. The van der Waals surface area contributed by atoms with Gasteiger partial charge >= 0.3 is 6.18 Å². The average molecular weight is 386 g/mol. The van der Waals surface area contributed by atoms with E-state index in [1.807, 2.05) is 0 Å². The summed E-state index contributed by atoms with van der Waals surface area (Å²) in [4.78, 5) is 36.0. The quantitative estimate of drug-likeness (QED) is 0.518. The van der Waals surface area contributed by atoms with Crippen LogP contribution in [0.5, 0.6) is 0 Å². The topological polar surface area (TPSA) is 126 Å². The Morgan fingerprint density at radius 3 is 2.33 bits per heavy atom. The van der Waals surface area contributed by atoms with Crippen LogP contribution in [-0.2, 0) is 11.3 Å². The van der Waals surface area contributed by atoms with Gasteiger partial charge in [-0.25, -0.2) is 0 Å². The molecule has 0 bridgehead atoms. The van der Waals surface area contributed by atoms with Gasteiger partial charge in [0, 0.05) is 11.6 Å². The average Bonchev–Trinajstić information content (AvgIpc) is 3.09. The normalized spacial score (nSPS) is 11.1. The zero-order valence-corrected chi connectivity index (χ0v) is 13.5. The number of aromatic amines is 1. The third-order valence-electron chi connectivity index (χ3n) is 3.16. The standard InChI is InChI=1S/C15H13F3N4O5/c16-15(17,18)8-27-7-9-1-3-10(4-2-9)13(23)20-21-14(24)12-5-11(6-19-12)22(25)26/h1-6,19H,7-8H2,(H,20,23)(H,21,24). The zero-order valence-electron chi connectivity index (χ0n) is 13.5. The molecule has 0 aliphatic rings. The number of carbonyl (C=O) groups is 2. The SMILES string of the molecule is O=C(NNC(=O)c1cc([N+](=O)[O-])c[nH]1)c1ccc(COCC(F)(F)F)cc1. The second-order valence-electron chi connectivity index (χ2n) is 5.24. The lowest BCUT2D eigenvalue weighted by molar-refractivity contribution is -0.384. The van der Waals surface area contributed by atoms with Crippen LogP contribution in [0.15, 0.2) is 36.5 Å². The maximum absolute atomic E-state index is 12.0. The Hall–Kier alpha value is -3.41. The Morgan fingerprint density at radius 1 is 1.15 bits per heavy atom. The summed E-state index contributed by atoms with van der Waals surface area (Å²) in [5.41, 5.74) is 4.31. The van der Waals surface area contributed by atoms with Crippen LogP contribution in [0.4, 0.5) is 18.9 Å². The molecule has 2 rings (SSSR count). The minimum atomic E-state index is -4.42. The molecule has 1 aromatic heterocycles.